The van der Waals surface area contributed by atoms with Crippen LogP contribution in [-0.4, -0.2) is 22.4 Å². The molecule has 104 valence electrons. The van der Waals surface area contributed by atoms with E-state index in [9.17, 15) is 4.79 Å². The third kappa shape index (κ3) is 2.11. The monoisotopic (exact) mass is 269 g/mol. The van der Waals surface area contributed by atoms with Crippen LogP contribution >= 0.6 is 0 Å². The van der Waals surface area contributed by atoms with Crippen molar-refractivity contribution in [2.24, 2.45) is 5.92 Å². The molecule has 4 heteroatoms. The van der Waals surface area contributed by atoms with Gasteiger partial charge in [0.2, 0.25) is 0 Å². The predicted octanol–water partition coefficient (Wildman–Crippen LogP) is 2.95. The fourth-order valence-electron chi connectivity index (χ4n) is 2.81. The van der Waals surface area contributed by atoms with Crippen molar-refractivity contribution in [3.8, 4) is 11.3 Å². The van der Waals surface area contributed by atoms with Gasteiger partial charge in [0.05, 0.1) is 5.56 Å². The number of aromatic amines is 1. The molecule has 2 aromatic rings. The van der Waals surface area contributed by atoms with E-state index < -0.39 is 0 Å². The summed E-state index contributed by atoms with van der Waals surface area (Å²) in [6.07, 6.45) is 4.63. The van der Waals surface area contributed by atoms with Crippen molar-refractivity contribution in [3.05, 3.63) is 41.9 Å². The molecule has 4 nitrogen and oxygen atoms in total. The van der Waals surface area contributed by atoms with Crippen LogP contribution in [0.4, 0.5) is 0 Å². The quantitative estimate of drug-likeness (QED) is 0.900. The Kier molecular flexibility index (Phi) is 3.30. The first-order valence-electron chi connectivity index (χ1n) is 7.12. The molecule has 2 N–H and O–H groups in total. The molecule has 3 heterocycles. The number of carbonyl (C=O) groups excluding carboxylic acids is 1. The second-order valence-electron chi connectivity index (χ2n) is 5.45. The third-order valence-corrected chi connectivity index (χ3v) is 4.27. The molecule has 0 radical (unpaired) electrons. The van der Waals surface area contributed by atoms with Crippen LogP contribution in [0.25, 0.3) is 11.3 Å². The smallest absolute Gasteiger partial charge is 0.253 e. The SMILES string of the molecule is CCC(C)[C@@H]1CNC(=O)c2cc(-c3ccncc3)[nH]c21. The molecule has 1 aliphatic heterocycles. The average Bonchev–Trinajstić information content (AvgIpc) is 2.94. The number of carbonyl (C=O) groups is 1. The number of aromatic nitrogens is 2. The van der Waals surface area contributed by atoms with Crippen LogP contribution in [-0.2, 0) is 0 Å². The van der Waals surface area contributed by atoms with Crippen LogP contribution in [0.5, 0.6) is 0 Å². The van der Waals surface area contributed by atoms with Crippen molar-refractivity contribution in [3.63, 3.8) is 0 Å². The largest absolute Gasteiger partial charge is 0.357 e. The Morgan fingerprint density at radius 2 is 2.15 bits per heavy atom. The van der Waals surface area contributed by atoms with Crippen molar-refractivity contribution in [2.45, 2.75) is 26.2 Å². The lowest BCUT2D eigenvalue weighted by Gasteiger charge is -2.27. The summed E-state index contributed by atoms with van der Waals surface area (Å²) >= 11 is 0. The van der Waals surface area contributed by atoms with Gasteiger partial charge in [-0.25, -0.2) is 0 Å². The van der Waals surface area contributed by atoms with Gasteiger partial charge in [0.15, 0.2) is 0 Å². The van der Waals surface area contributed by atoms with Crippen molar-refractivity contribution >= 4 is 5.91 Å². The van der Waals surface area contributed by atoms with E-state index in [1.54, 1.807) is 12.4 Å². The summed E-state index contributed by atoms with van der Waals surface area (Å²) in [5.41, 5.74) is 3.91. The molecule has 0 aromatic carbocycles. The van der Waals surface area contributed by atoms with Gasteiger partial charge in [-0.05, 0) is 24.1 Å². The molecule has 3 rings (SSSR count). The fourth-order valence-corrected chi connectivity index (χ4v) is 2.81. The second kappa shape index (κ2) is 5.12. The Hall–Kier alpha value is -2.10. The molecular weight excluding hydrogens is 250 g/mol. The van der Waals surface area contributed by atoms with E-state index in [2.05, 4.69) is 29.1 Å². The number of amides is 1. The van der Waals surface area contributed by atoms with Crippen LogP contribution in [0.1, 0.15) is 42.2 Å². The first kappa shape index (κ1) is 12.9. The molecule has 20 heavy (non-hydrogen) atoms. The van der Waals surface area contributed by atoms with Gasteiger partial charge in [-0.3, -0.25) is 9.78 Å². The first-order valence-corrected chi connectivity index (χ1v) is 7.12. The Morgan fingerprint density at radius 1 is 1.40 bits per heavy atom. The number of hydrogen-bond donors (Lipinski definition) is 2. The highest BCUT2D eigenvalue weighted by molar-refractivity contribution is 5.98. The van der Waals surface area contributed by atoms with E-state index in [1.165, 1.54) is 0 Å². The highest BCUT2D eigenvalue weighted by Gasteiger charge is 2.30. The number of hydrogen-bond acceptors (Lipinski definition) is 2. The maximum atomic E-state index is 12.0. The molecule has 2 atom stereocenters. The Morgan fingerprint density at radius 3 is 2.85 bits per heavy atom. The summed E-state index contributed by atoms with van der Waals surface area (Å²) in [5, 5.41) is 3.00. The summed E-state index contributed by atoms with van der Waals surface area (Å²) in [5.74, 6) is 0.928. The number of nitrogens with one attached hydrogen (secondary N) is 2. The lowest BCUT2D eigenvalue weighted by Crippen LogP contribution is -2.36. The number of pyridine rings is 1. The fraction of sp³-hybridized carbons (Fsp3) is 0.375. The first-order chi connectivity index (χ1) is 9.70. The van der Waals surface area contributed by atoms with Gasteiger partial charge in [0.1, 0.15) is 0 Å². The van der Waals surface area contributed by atoms with E-state index in [0.29, 0.717) is 11.8 Å². The van der Waals surface area contributed by atoms with Gasteiger partial charge < -0.3 is 10.3 Å². The number of fused-ring (bicyclic) bond motifs is 1. The number of rotatable bonds is 3. The minimum absolute atomic E-state index is 0.0242. The summed E-state index contributed by atoms with van der Waals surface area (Å²) < 4.78 is 0. The molecule has 1 amide bonds. The molecular formula is C16H19N3O. The van der Waals surface area contributed by atoms with Gasteiger partial charge in [-0.1, -0.05) is 20.3 Å². The molecule has 0 spiro atoms. The van der Waals surface area contributed by atoms with Gasteiger partial charge in [0, 0.05) is 41.8 Å². The number of nitrogens with zero attached hydrogens (tertiary/aromatic N) is 1. The van der Waals surface area contributed by atoms with Crippen LogP contribution < -0.4 is 5.32 Å². The van der Waals surface area contributed by atoms with Crippen LogP contribution in [0.2, 0.25) is 0 Å². The van der Waals surface area contributed by atoms with Crippen LogP contribution in [0.15, 0.2) is 30.6 Å². The zero-order chi connectivity index (χ0) is 14.1. The van der Waals surface area contributed by atoms with Gasteiger partial charge in [-0.15, -0.1) is 0 Å². The average molecular weight is 269 g/mol. The minimum Gasteiger partial charge on any atom is -0.357 e. The maximum Gasteiger partial charge on any atom is 0.253 e. The van der Waals surface area contributed by atoms with Gasteiger partial charge >= 0.3 is 0 Å². The molecule has 0 fully saturated rings. The topological polar surface area (TPSA) is 57.8 Å². The molecule has 0 saturated heterocycles. The molecule has 0 bridgehead atoms. The lowest BCUT2D eigenvalue weighted by atomic mass is 9.85. The standard InChI is InChI=1S/C16H19N3O/c1-3-10(2)13-9-18-16(20)12-8-14(19-15(12)13)11-4-6-17-7-5-11/h4-8,10,13,19H,3,9H2,1-2H3,(H,18,20)/t10?,13-/m0/s1. The summed E-state index contributed by atoms with van der Waals surface area (Å²) in [6.45, 7) is 5.14. The molecule has 1 unspecified atom stereocenters. The van der Waals surface area contributed by atoms with Crippen molar-refractivity contribution in [1.29, 1.82) is 0 Å². The predicted molar refractivity (Wildman–Crippen MR) is 78.6 cm³/mol. The van der Waals surface area contributed by atoms with E-state index in [-0.39, 0.29) is 5.91 Å². The lowest BCUT2D eigenvalue weighted by molar-refractivity contribution is 0.0934. The summed E-state index contributed by atoms with van der Waals surface area (Å²) in [6, 6.07) is 5.86. The minimum atomic E-state index is 0.0242. The normalized spacial score (nSPS) is 19.3. The van der Waals surface area contributed by atoms with Crippen LogP contribution in [0, 0.1) is 5.92 Å². The van der Waals surface area contributed by atoms with Crippen molar-refractivity contribution < 1.29 is 4.79 Å². The van der Waals surface area contributed by atoms with Crippen molar-refractivity contribution in [2.75, 3.05) is 6.54 Å². The molecule has 1 aliphatic rings. The van der Waals surface area contributed by atoms with E-state index >= 15 is 0 Å². The number of H-pyrrole nitrogens is 1. The van der Waals surface area contributed by atoms with E-state index in [0.717, 1.165) is 35.5 Å². The highest BCUT2D eigenvalue weighted by atomic mass is 16.1. The summed E-state index contributed by atoms with van der Waals surface area (Å²) in [4.78, 5) is 19.5. The maximum absolute atomic E-state index is 12.0. The molecule has 0 saturated carbocycles. The van der Waals surface area contributed by atoms with Gasteiger partial charge in [-0.2, -0.15) is 0 Å². The Labute approximate surface area is 118 Å². The Bertz CT molecular complexity index is 618. The van der Waals surface area contributed by atoms with E-state index in [1.807, 2.05) is 18.2 Å². The zero-order valence-corrected chi connectivity index (χ0v) is 11.8. The second-order valence-corrected chi connectivity index (χ2v) is 5.45. The third-order valence-electron chi connectivity index (χ3n) is 4.27. The van der Waals surface area contributed by atoms with Crippen molar-refractivity contribution in [1.82, 2.24) is 15.3 Å². The highest BCUT2D eigenvalue weighted by Crippen LogP contribution is 2.34. The van der Waals surface area contributed by atoms with Gasteiger partial charge in [0.25, 0.3) is 5.91 Å². The summed E-state index contributed by atoms with van der Waals surface area (Å²) in [7, 11) is 0. The molecule has 2 aromatic heterocycles. The Balaban J connectivity index is 2.05. The zero-order valence-electron chi connectivity index (χ0n) is 11.8. The molecule has 0 aliphatic carbocycles. The van der Waals surface area contributed by atoms with E-state index in [4.69, 9.17) is 0 Å². The van der Waals surface area contributed by atoms with Crippen LogP contribution in [0.3, 0.4) is 0 Å².